The summed E-state index contributed by atoms with van der Waals surface area (Å²) in [6.45, 7) is 4.79. The maximum Gasteiger partial charge on any atom is 0.0930 e. The Morgan fingerprint density at radius 2 is 1.44 bits per heavy atom. The van der Waals surface area contributed by atoms with E-state index in [2.05, 4.69) is 19.1 Å². The van der Waals surface area contributed by atoms with Crippen molar-refractivity contribution >= 4 is 0 Å². The van der Waals surface area contributed by atoms with E-state index in [1.165, 1.54) is 63.4 Å². The van der Waals surface area contributed by atoms with Gasteiger partial charge in [0.05, 0.1) is 19.3 Å². The Balaban J connectivity index is 1.90. The van der Waals surface area contributed by atoms with Gasteiger partial charge in [-0.1, -0.05) is 95.0 Å². The van der Waals surface area contributed by atoms with Crippen molar-refractivity contribution in [2.24, 2.45) is 5.73 Å². The van der Waals surface area contributed by atoms with E-state index in [1.54, 1.807) is 0 Å². The third kappa shape index (κ3) is 13.0. The zero-order valence-corrected chi connectivity index (χ0v) is 16.3. The largest absolute Gasteiger partial charge is 0.374 e. The van der Waals surface area contributed by atoms with Crippen LogP contribution in [0.4, 0.5) is 0 Å². The molecular formula is C22H39NO2. The highest BCUT2D eigenvalue weighted by Gasteiger charge is 2.07. The molecule has 1 aromatic rings. The Morgan fingerprint density at radius 1 is 0.840 bits per heavy atom. The average molecular weight is 350 g/mol. The van der Waals surface area contributed by atoms with Gasteiger partial charge >= 0.3 is 0 Å². The summed E-state index contributed by atoms with van der Waals surface area (Å²) < 4.78 is 11.6. The number of ether oxygens (including phenoxy) is 2. The van der Waals surface area contributed by atoms with Crippen LogP contribution in [0.1, 0.15) is 76.7 Å². The highest BCUT2D eigenvalue weighted by atomic mass is 16.5. The Morgan fingerprint density at radius 3 is 2.04 bits per heavy atom. The SMILES string of the molecule is CCCCCCCCCCCCO[C@@H](CN)COCc1ccccc1. The van der Waals surface area contributed by atoms with Gasteiger partial charge in [-0.15, -0.1) is 0 Å². The van der Waals surface area contributed by atoms with Crippen molar-refractivity contribution in [2.45, 2.75) is 83.8 Å². The van der Waals surface area contributed by atoms with E-state index in [0.717, 1.165) is 13.0 Å². The number of unbranched alkanes of at least 4 members (excludes halogenated alkanes) is 9. The topological polar surface area (TPSA) is 44.5 Å². The van der Waals surface area contributed by atoms with Crippen molar-refractivity contribution in [2.75, 3.05) is 19.8 Å². The number of nitrogens with two attached hydrogens (primary N) is 1. The average Bonchev–Trinajstić information content (AvgIpc) is 2.65. The van der Waals surface area contributed by atoms with Crippen LogP contribution in [0.25, 0.3) is 0 Å². The van der Waals surface area contributed by atoms with Crippen LogP contribution in [0.2, 0.25) is 0 Å². The quantitative estimate of drug-likeness (QED) is 0.379. The second kappa shape index (κ2) is 16.6. The molecule has 2 N–H and O–H groups in total. The summed E-state index contributed by atoms with van der Waals surface area (Å²) in [5, 5.41) is 0. The molecule has 0 aliphatic rings. The minimum absolute atomic E-state index is 0.0160. The van der Waals surface area contributed by atoms with Crippen LogP contribution in [-0.2, 0) is 16.1 Å². The van der Waals surface area contributed by atoms with Crippen LogP contribution in [0.15, 0.2) is 30.3 Å². The molecule has 0 aromatic heterocycles. The molecule has 144 valence electrons. The fraction of sp³-hybridized carbons (Fsp3) is 0.727. The highest BCUT2D eigenvalue weighted by Crippen LogP contribution is 2.10. The molecule has 0 amide bonds. The van der Waals surface area contributed by atoms with Gasteiger partial charge in [0.15, 0.2) is 0 Å². The fourth-order valence-electron chi connectivity index (χ4n) is 2.91. The first kappa shape index (κ1) is 22.1. The Hall–Kier alpha value is -0.900. The zero-order chi connectivity index (χ0) is 18.0. The molecule has 0 saturated heterocycles. The smallest absolute Gasteiger partial charge is 0.0930 e. The summed E-state index contributed by atoms with van der Waals surface area (Å²) in [5.41, 5.74) is 6.97. The molecule has 0 aliphatic heterocycles. The molecular weight excluding hydrogens is 310 g/mol. The summed E-state index contributed by atoms with van der Waals surface area (Å²) in [6.07, 6.45) is 13.5. The number of hydrogen-bond acceptors (Lipinski definition) is 3. The second-order valence-electron chi connectivity index (χ2n) is 6.91. The lowest BCUT2D eigenvalue weighted by Crippen LogP contribution is -2.29. The lowest BCUT2D eigenvalue weighted by Gasteiger charge is -2.16. The van der Waals surface area contributed by atoms with Crippen molar-refractivity contribution in [1.82, 2.24) is 0 Å². The van der Waals surface area contributed by atoms with Gasteiger partial charge in [0, 0.05) is 13.2 Å². The van der Waals surface area contributed by atoms with Crippen molar-refractivity contribution in [3.05, 3.63) is 35.9 Å². The maximum absolute atomic E-state index is 5.85. The molecule has 0 unspecified atom stereocenters. The molecule has 3 nitrogen and oxygen atoms in total. The van der Waals surface area contributed by atoms with E-state index >= 15 is 0 Å². The molecule has 1 rings (SSSR count). The van der Waals surface area contributed by atoms with E-state index < -0.39 is 0 Å². The van der Waals surface area contributed by atoms with Gasteiger partial charge in [-0.3, -0.25) is 0 Å². The molecule has 0 fully saturated rings. The minimum atomic E-state index is 0.0160. The third-order valence-electron chi connectivity index (χ3n) is 4.53. The van der Waals surface area contributed by atoms with Crippen molar-refractivity contribution in [3.63, 3.8) is 0 Å². The Bertz CT molecular complexity index is 383. The molecule has 0 saturated carbocycles. The molecule has 0 bridgehead atoms. The lowest BCUT2D eigenvalue weighted by atomic mass is 10.1. The van der Waals surface area contributed by atoms with Crippen LogP contribution >= 0.6 is 0 Å². The Kier molecular flexibility index (Phi) is 14.7. The van der Waals surface area contributed by atoms with Crippen molar-refractivity contribution in [3.8, 4) is 0 Å². The zero-order valence-electron chi connectivity index (χ0n) is 16.3. The van der Waals surface area contributed by atoms with Gasteiger partial charge in [0.2, 0.25) is 0 Å². The molecule has 1 atom stereocenters. The predicted molar refractivity (Wildman–Crippen MR) is 107 cm³/mol. The molecule has 0 aliphatic carbocycles. The normalized spacial score (nSPS) is 12.4. The maximum atomic E-state index is 5.85. The summed E-state index contributed by atoms with van der Waals surface area (Å²) in [4.78, 5) is 0. The van der Waals surface area contributed by atoms with Crippen LogP contribution in [0.3, 0.4) is 0 Å². The van der Waals surface area contributed by atoms with Gasteiger partial charge in [-0.25, -0.2) is 0 Å². The number of benzene rings is 1. The summed E-state index contributed by atoms with van der Waals surface area (Å²) >= 11 is 0. The molecule has 0 heterocycles. The predicted octanol–water partition coefficient (Wildman–Crippen LogP) is 5.47. The van der Waals surface area contributed by atoms with E-state index in [1.807, 2.05) is 18.2 Å². The van der Waals surface area contributed by atoms with E-state index in [9.17, 15) is 0 Å². The van der Waals surface area contributed by atoms with E-state index in [-0.39, 0.29) is 6.10 Å². The second-order valence-corrected chi connectivity index (χ2v) is 6.91. The van der Waals surface area contributed by atoms with Gasteiger partial charge in [0.1, 0.15) is 0 Å². The van der Waals surface area contributed by atoms with E-state index in [0.29, 0.717) is 19.8 Å². The van der Waals surface area contributed by atoms with Crippen LogP contribution < -0.4 is 5.73 Å². The molecule has 1 aromatic carbocycles. The first-order valence-electron chi connectivity index (χ1n) is 10.3. The Labute approximate surface area is 155 Å². The molecule has 3 heteroatoms. The van der Waals surface area contributed by atoms with Crippen LogP contribution in [0.5, 0.6) is 0 Å². The first-order chi connectivity index (χ1) is 12.4. The standard InChI is InChI=1S/C22H39NO2/c1-2-3-4-5-6-7-8-9-10-14-17-25-22(18-23)20-24-19-21-15-12-11-13-16-21/h11-13,15-16,22H,2-10,14,17-20,23H2,1H3/t22-/m0/s1. The van der Waals surface area contributed by atoms with Crippen molar-refractivity contribution < 1.29 is 9.47 Å². The number of rotatable bonds is 17. The van der Waals surface area contributed by atoms with Gasteiger partial charge in [0.25, 0.3) is 0 Å². The molecule has 25 heavy (non-hydrogen) atoms. The van der Waals surface area contributed by atoms with Gasteiger partial charge < -0.3 is 15.2 Å². The van der Waals surface area contributed by atoms with E-state index in [4.69, 9.17) is 15.2 Å². The summed E-state index contributed by atoms with van der Waals surface area (Å²) in [6, 6.07) is 10.2. The molecule has 0 spiro atoms. The number of hydrogen-bond donors (Lipinski definition) is 1. The lowest BCUT2D eigenvalue weighted by molar-refractivity contribution is -0.0179. The monoisotopic (exact) mass is 349 g/mol. The van der Waals surface area contributed by atoms with Gasteiger partial charge in [-0.2, -0.15) is 0 Å². The molecule has 0 radical (unpaired) electrons. The third-order valence-corrected chi connectivity index (χ3v) is 4.53. The first-order valence-corrected chi connectivity index (χ1v) is 10.3. The fourth-order valence-corrected chi connectivity index (χ4v) is 2.91. The minimum Gasteiger partial charge on any atom is -0.374 e. The van der Waals surface area contributed by atoms with Crippen molar-refractivity contribution in [1.29, 1.82) is 0 Å². The van der Waals surface area contributed by atoms with Gasteiger partial charge in [-0.05, 0) is 12.0 Å². The van der Waals surface area contributed by atoms with Crippen LogP contribution in [0, 0.1) is 0 Å². The summed E-state index contributed by atoms with van der Waals surface area (Å²) in [5.74, 6) is 0. The summed E-state index contributed by atoms with van der Waals surface area (Å²) in [7, 11) is 0. The van der Waals surface area contributed by atoms with Crippen LogP contribution in [-0.4, -0.2) is 25.9 Å². The highest BCUT2D eigenvalue weighted by molar-refractivity contribution is 5.13.